The number of aliphatic hydroxyl groups excluding tert-OH is 2. The van der Waals surface area contributed by atoms with Crippen LogP contribution in [0, 0.1) is 11.8 Å². The van der Waals surface area contributed by atoms with E-state index >= 15 is 0 Å². The number of nitrogens with two attached hydrogens (primary N) is 1. The Hall–Kier alpha value is -4.12. The summed E-state index contributed by atoms with van der Waals surface area (Å²) in [5, 5.41) is 31.3. The van der Waals surface area contributed by atoms with Gasteiger partial charge in [0.1, 0.15) is 24.7 Å². The van der Waals surface area contributed by atoms with E-state index in [4.69, 9.17) is 10.5 Å². The lowest BCUT2D eigenvalue weighted by molar-refractivity contribution is -0.153. The molecule has 16 nitrogen and oxygen atoms in total. The van der Waals surface area contributed by atoms with Gasteiger partial charge in [0.25, 0.3) is 11.8 Å². The molecular formula is C31H47N7O9. The highest BCUT2D eigenvalue weighted by Crippen LogP contribution is 2.19. The number of imide groups is 1. The van der Waals surface area contributed by atoms with E-state index in [0.717, 1.165) is 15.5 Å². The Bertz CT molecular complexity index is 1280. The second-order valence-electron chi connectivity index (χ2n) is 12.2. The van der Waals surface area contributed by atoms with Crippen molar-refractivity contribution in [1.29, 1.82) is 0 Å². The van der Waals surface area contributed by atoms with Crippen LogP contribution in [-0.2, 0) is 35.1 Å². The van der Waals surface area contributed by atoms with Gasteiger partial charge in [-0.2, -0.15) is 0 Å². The SMILES string of the molecule is COCC(=O)N[C@@H](C(=O)N1NCCC[C@@H]1C(=O)N[C@@H](Cc1ccccc1)[C@@H](O)[C@H](C)C(=O)N[C@@H]1CCN(C(N)=O)C1=O)[C@H](O)C(C)C. The minimum Gasteiger partial charge on any atom is -0.390 e. The first-order valence-corrected chi connectivity index (χ1v) is 15.7. The van der Waals surface area contributed by atoms with E-state index in [1.807, 2.05) is 6.07 Å². The number of rotatable bonds is 14. The zero-order chi connectivity index (χ0) is 34.8. The molecule has 260 valence electrons. The predicted molar refractivity (Wildman–Crippen MR) is 168 cm³/mol. The highest BCUT2D eigenvalue weighted by atomic mass is 16.5. The van der Waals surface area contributed by atoms with E-state index in [1.165, 1.54) is 14.0 Å². The van der Waals surface area contributed by atoms with Crippen LogP contribution in [0.3, 0.4) is 0 Å². The molecule has 0 bridgehead atoms. The van der Waals surface area contributed by atoms with Crippen molar-refractivity contribution in [2.24, 2.45) is 17.6 Å². The molecule has 2 aliphatic heterocycles. The third-order valence-electron chi connectivity index (χ3n) is 8.42. The summed E-state index contributed by atoms with van der Waals surface area (Å²) < 4.78 is 4.85. The quantitative estimate of drug-likeness (QED) is 0.118. The Morgan fingerprint density at radius 3 is 2.32 bits per heavy atom. The number of likely N-dealkylation sites (tertiary alicyclic amines) is 1. The van der Waals surface area contributed by atoms with Gasteiger partial charge in [0.05, 0.1) is 24.2 Å². The number of benzene rings is 1. The molecule has 1 aromatic rings. The first-order chi connectivity index (χ1) is 22.3. The van der Waals surface area contributed by atoms with Gasteiger partial charge in [-0.15, -0.1) is 0 Å². The molecule has 0 spiro atoms. The zero-order valence-electron chi connectivity index (χ0n) is 27.2. The van der Waals surface area contributed by atoms with Gasteiger partial charge >= 0.3 is 6.03 Å². The highest BCUT2D eigenvalue weighted by molar-refractivity contribution is 6.00. The van der Waals surface area contributed by atoms with Crippen molar-refractivity contribution in [3.63, 3.8) is 0 Å². The number of ether oxygens (including phenoxy) is 1. The number of hydrogen-bond donors (Lipinski definition) is 7. The molecule has 0 radical (unpaired) electrons. The van der Waals surface area contributed by atoms with Crippen molar-refractivity contribution in [2.75, 3.05) is 26.8 Å². The van der Waals surface area contributed by atoms with Crippen LogP contribution in [0.1, 0.15) is 45.6 Å². The van der Waals surface area contributed by atoms with Gasteiger partial charge in [-0.1, -0.05) is 51.1 Å². The maximum Gasteiger partial charge on any atom is 0.321 e. The van der Waals surface area contributed by atoms with Crippen LogP contribution in [-0.4, -0.2) is 119 Å². The number of methoxy groups -OCH3 is 1. The number of primary amides is 1. The van der Waals surface area contributed by atoms with E-state index in [2.05, 4.69) is 21.4 Å². The third kappa shape index (κ3) is 9.70. The number of nitrogens with one attached hydrogen (secondary N) is 4. The van der Waals surface area contributed by atoms with E-state index in [1.54, 1.807) is 38.1 Å². The average Bonchev–Trinajstić information content (AvgIpc) is 3.41. The average molecular weight is 662 g/mol. The van der Waals surface area contributed by atoms with Gasteiger partial charge in [-0.25, -0.2) is 10.2 Å². The van der Waals surface area contributed by atoms with Gasteiger partial charge in [0.2, 0.25) is 17.7 Å². The van der Waals surface area contributed by atoms with Crippen molar-refractivity contribution < 1.29 is 43.7 Å². The van der Waals surface area contributed by atoms with Crippen LogP contribution in [0.25, 0.3) is 0 Å². The van der Waals surface area contributed by atoms with Gasteiger partial charge in [0, 0.05) is 20.2 Å². The Kier molecular flexibility index (Phi) is 13.6. The molecule has 7 amide bonds. The molecule has 0 unspecified atom stereocenters. The molecule has 47 heavy (non-hydrogen) atoms. The second kappa shape index (κ2) is 17.2. The molecule has 7 atom stereocenters. The molecule has 0 aliphatic carbocycles. The first-order valence-electron chi connectivity index (χ1n) is 15.7. The first kappa shape index (κ1) is 37.3. The monoisotopic (exact) mass is 661 g/mol. The lowest BCUT2D eigenvalue weighted by atomic mass is 9.91. The highest BCUT2D eigenvalue weighted by Gasteiger charge is 2.42. The van der Waals surface area contributed by atoms with Crippen molar-refractivity contribution in [3.8, 4) is 0 Å². The van der Waals surface area contributed by atoms with Crippen molar-refractivity contribution in [3.05, 3.63) is 35.9 Å². The van der Waals surface area contributed by atoms with E-state index in [-0.39, 0.29) is 32.4 Å². The number of aliphatic hydroxyl groups is 2. The number of carbonyl (C=O) groups excluding carboxylic acids is 6. The number of carbonyl (C=O) groups is 6. The summed E-state index contributed by atoms with van der Waals surface area (Å²) in [5.74, 6) is -4.80. The molecule has 2 saturated heterocycles. The number of urea groups is 1. The summed E-state index contributed by atoms with van der Waals surface area (Å²) in [6.45, 7) is 4.89. The molecular weight excluding hydrogens is 614 g/mol. The van der Waals surface area contributed by atoms with Gasteiger partial charge in [-0.3, -0.25) is 33.9 Å². The molecule has 2 heterocycles. The molecule has 8 N–H and O–H groups in total. The Morgan fingerprint density at radius 2 is 1.72 bits per heavy atom. The van der Waals surface area contributed by atoms with Crippen LogP contribution >= 0.6 is 0 Å². The maximum absolute atomic E-state index is 13.9. The van der Waals surface area contributed by atoms with Gasteiger partial charge in [-0.05, 0) is 37.2 Å². The third-order valence-corrected chi connectivity index (χ3v) is 8.42. The lowest BCUT2D eigenvalue weighted by Crippen LogP contribution is -2.66. The van der Waals surface area contributed by atoms with Crippen LogP contribution in [0.5, 0.6) is 0 Å². The van der Waals surface area contributed by atoms with Gasteiger partial charge in [0.15, 0.2) is 0 Å². The topological polar surface area (TPSA) is 233 Å². The maximum atomic E-state index is 13.9. The molecule has 0 aromatic heterocycles. The van der Waals surface area contributed by atoms with Crippen molar-refractivity contribution >= 4 is 35.6 Å². The lowest BCUT2D eigenvalue weighted by Gasteiger charge is -2.39. The minimum atomic E-state index is -1.44. The summed E-state index contributed by atoms with van der Waals surface area (Å²) in [6, 6.07) is 3.60. The molecule has 0 saturated carbocycles. The number of hydrogen-bond acceptors (Lipinski definition) is 10. The van der Waals surface area contributed by atoms with E-state index < -0.39 is 83.8 Å². The smallest absolute Gasteiger partial charge is 0.321 e. The summed E-state index contributed by atoms with van der Waals surface area (Å²) in [5.41, 5.74) is 8.89. The van der Waals surface area contributed by atoms with Crippen LogP contribution < -0.4 is 27.1 Å². The summed E-state index contributed by atoms with van der Waals surface area (Å²) in [7, 11) is 1.32. The number of hydrazine groups is 1. The molecule has 2 aliphatic rings. The van der Waals surface area contributed by atoms with E-state index in [0.29, 0.717) is 13.0 Å². The largest absolute Gasteiger partial charge is 0.390 e. The van der Waals surface area contributed by atoms with Crippen molar-refractivity contribution in [1.82, 2.24) is 31.3 Å². The Morgan fingerprint density at radius 1 is 1.04 bits per heavy atom. The summed E-state index contributed by atoms with van der Waals surface area (Å²) in [6.07, 6.45) is -1.66. The summed E-state index contributed by atoms with van der Waals surface area (Å²) in [4.78, 5) is 78.0. The fraction of sp³-hybridized carbons (Fsp3) is 0.613. The predicted octanol–water partition coefficient (Wildman–Crippen LogP) is -1.85. The van der Waals surface area contributed by atoms with Crippen LogP contribution in [0.15, 0.2) is 30.3 Å². The Labute approximate surface area is 273 Å². The normalized spacial score (nSPS) is 21.4. The minimum absolute atomic E-state index is 0.0541. The standard InChI is InChI=1S/C31H47N7O9/c1-17(2)25(40)24(36-23(39)16-47-4)30(45)38-22(11-8-13-33-38)28(43)35-21(15-19-9-6-5-7-10-19)26(41)18(3)27(42)34-20-12-14-37(29(20)44)31(32)46/h5-7,9-10,17-18,20-22,24-26,33,40-41H,8,11-16H2,1-4H3,(H2,32,46)(H,34,42)(H,35,43)(H,36,39)/t18-,20+,21-,22+,24+,25+,26-/m0/s1. The van der Waals surface area contributed by atoms with Crippen LogP contribution in [0.4, 0.5) is 4.79 Å². The molecule has 16 heteroatoms. The van der Waals surface area contributed by atoms with Crippen LogP contribution in [0.2, 0.25) is 0 Å². The summed E-state index contributed by atoms with van der Waals surface area (Å²) >= 11 is 0. The number of nitrogens with zero attached hydrogens (tertiary/aromatic N) is 2. The Balaban J connectivity index is 1.81. The molecule has 2 fully saturated rings. The molecule has 1 aromatic carbocycles. The fourth-order valence-corrected chi connectivity index (χ4v) is 5.63. The number of amides is 7. The van der Waals surface area contributed by atoms with E-state index in [9.17, 15) is 39.0 Å². The van der Waals surface area contributed by atoms with Gasteiger partial charge < -0.3 is 36.6 Å². The zero-order valence-corrected chi connectivity index (χ0v) is 27.2. The second-order valence-corrected chi connectivity index (χ2v) is 12.2. The van der Waals surface area contributed by atoms with Crippen molar-refractivity contribution in [2.45, 2.75) is 82.8 Å². The fourth-order valence-electron chi connectivity index (χ4n) is 5.63. The molecule has 3 rings (SSSR count).